The normalized spacial score (nSPS) is 24.6. The summed E-state index contributed by atoms with van der Waals surface area (Å²) in [6.45, 7) is 5.37. The predicted octanol–water partition coefficient (Wildman–Crippen LogP) is 2.87. The van der Waals surface area contributed by atoms with Crippen molar-refractivity contribution in [3.05, 3.63) is 35.4 Å². The van der Waals surface area contributed by atoms with Gasteiger partial charge in [-0.1, -0.05) is 6.07 Å². The summed E-state index contributed by atoms with van der Waals surface area (Å²) in [6, 6.07) is 3.12. The van der Waals surface area contributed by atoms with Crippen LogP contribution in [0.5, 0.6) is 0 Å². The number of aliphatic hydroxyl groups is 1. The van der Waals surface area contributed by atoms with Crippen LogP contribution < -0.4 is 0 Å². The Bertz CT molecular complexity index is 675. The first-order valence-corrected chi connectivity index (χ1v) is 7.90. The van der Waals surface area contributed by atoms with Gasteiger partial charge in [-0.15, -0.1) is 5.16 Å². The van der Waals surface area contributed by atoms with E-state index in [0.717, 1.165) is 18.3 Å². The second kappa shape index (κ2) is 6.95. The van der Waals surface area contributed by atoms with Crippen molar-refractivity contribution in [3.63, 3.8) is 0 Å². The van der Waals surface area contributed by atoms with Gasteiger partial charge in [0, 0.05) is 19.0 Å². The number of amides is 1. The molecule has 2 N–H and O–H groups in total. The monoisotopic (exact) mass is 356 g/mol. The fourth-order valence-corrected chi connectivity index (χ4v) is 2.84. The third kappa shape index (κ3) is 4.25. The molecule has 0 unspecified atom stereocenters. The number of nitrogens with zero attached hydrogens (tertiary/aromatic N) is 2. The summed E-state index contributed by atoms with van der Waals surface area (Å²) in [4.78, 5) is 13.6. The van der Waals surface area contributed by atoms with Gasteiger partial charge in [-0.25, -0.2) is 13.6 Å². The van der Waals surface area contributed by atoms with E-state index in [9.17, 15) is 18.7 Å². The van der Waals surface area contributed by atoms with Crippen LogP contribution >= 0.6 is 0 Å². The van der Waals surface area contributed by atoms with E-state index in [0.29, 0.717) is 0 Å². The molecule has 1 aromatic rings. The quantitative estimate of drug-likeness (QED) is 0.485. The Kier molecular flexibility index (Phi) is 5.31. The Morgan fingerprint density at radius 1 is 1.40 bits per heavy atom. The number of hydrogen-bond donors (Lipinski definition) is 2. The number of rotatable bonds is 2. The molecule has 1 fully saturated rings. The van der Waals surface area contributed by atoms with Gasteiger partial charge in [0.1, 0.15) is 11.2 Å². The van der Waals surface area contributed by atoms with E-state index in [2.05, 4.69) is 5.16 Å². The minimum atomic E-state index is -1.60. The van der Waals surface area contributed by atoms with Crippen LogP contribution in [-0.4, -0.2) is 46.2 Å². The standard InChI is InChI=1S/C17H22F2N2O4/c1-16(2,3)25-15(22)21-7-6-17(23,12(10-21)9-20-24)11-4-5-13(18)14(19)8-11/h4-5,8-9,12,23-24H,6-7,10H2,1-3H3/t12-,17-/m0/s1. The van der Waals surface area contributed by atoms with E-state index in [4.69, 9.17) is 9.94 Å². The molecule has 1 heterocycles. The molecule has 8 heteroatoms. The number of carbonyl (C=O) groups excluding carboxylic acids is 1. The van der Waals surface area contributed by atoms with Crippen LogP contribution in [0.2, 0.25) is 0 Å². The molecule has 0 saturated carbocycles. The molecule has 1 aromatic carbocycles. The maximum Gasteiger partial charge on any atom is 0.410 e. The number of likely N-dealkylation sites (tertiary alicyclic amines) is 1. The summed E-state index contributed by atoms with van der Waals surface area (Å²) in [6.07, 6.45) is 0.572. The van der Waals surface area contributed by atoms with E-state index in [-0.39, 0.29) is 25.1 Å². The number of hydrogen-bond acceptors (Lipinski definition) is 5. The minimum absolute atomic E-state index is 0.00840. The molecule has 1 saturated heterocycles. The lowest BCUT2D eigenvalue weighted by atomic mass is 9.76. The van der Waals surface area contributed by atoms with E-state index >= 15 is 0 Å². The summed E-state index contributed by atoms with van der Waals surface area (Å²) < 4.78 is 32.0. The van der Waals surface area contributed by atoms with Crippen molar-refractivity contribution in [2.75, 3.05) is 13.1 Å². The first-order valence-electron chi connectivity index (χ1n) is 7.90. The van der Waals surface area contributed by atoms with Crippen LogP contribution in [0.15, 0.2) is 23.4 Å². The first kappa shape index (κ1) is 19.1. The van der Waals surface area contributed by atoms with E-state index < -0.39 is 34.8 Å². The second-order valence-corrected chi connectivity index (χ2v) is 7.10. The Morgan fingerprint density at radius 3 is 2.64 bits per heavy atom. The number of oxime groups is 1. The molecule has 138 valence electrons. The third-order valence-electron chi connectivity index (χ3n) is 4.11. The number of benzene rings is 1. The third-order valence-corrected chi connectivity index (χ3v) is 4.11. The molecule has 1 amide bonds. The number of carbonyl (C=O) groups is 1. The van der Waals surface area contributed by atoms with Crippen LogP contribution in [0.4, 0.5) is 13.6 Å². The number of piperidine rings is 1. The molecule has 1 aliphatic rings. The van der Waals surface area contributed by atoms with Crippen molar-refractivity contribution in [1.29, 1.82) is 0 Å². The van der Waals surface area contributed by atoms with Crippen LogP contribution in [-0.2, 0) is 10.3 Å². The van der Waals surface area contributed by atoms with Gasteiger partial charge < -0.3 is 20.0 Å². The highest BCUT2D eigenvalue weighted by molar-refractivity contribution is 5.71. The molecule has 0 bridgehead atoms. The van der Waals surface area contributed by atoms with Gasteiger partial charge in [0.2, 0.25) is 0 Å². The van der Waals surface area contributed by atoms with Gasteiger partial charge in [0.15, 0.2) is 11.6 Å². The van der Waals surface area contributed by atoms with Crippen molar-refractivity contribution in [2.24, 2.45) is 11.1 Å². The second-order valence-electron chi connectivity index (χ2n) is 7.10. The lowest BCUT2D eigenvalue weighted by molar-refractivity contribution is -0.0567. The fourth-order valence-electron chi connectivity index (χ4n) is 2.84. The minimum Gasteiger partial charge on any atom is -0.444 e. The van der Waals surface area contributed by atoms with Crippen molar-refractivity contribution < 1.29 is 28.6 Å². The largest absolute Gasteiger partial charge is 0.444 e. The van der Waals surface area contributed by atoms with Crippen LogP contribution in [0, 0.1) is 17.6 Å². The smallest absolute Gasteiger partial charge is 0.410 e. The molecule has 0 aromatic heterocycles. The Morgan fingerprint density at radius 2 is 2.08 bits per heavy atom. The predicted molar refractivity (Wildman–Crippen MR) is 86.4 cm³/mol. The molecule has 0 radical (unpaired) electrons. The Labute approximate surface area is 144 Å². The van der Waals surface area contributed by atoms with Crippen molar-refractivity contribution >= 4 is 12.3 Å². The molecule has 2 atom stereocenters. The molecule has 0 spiro atoms. The van der Waals surface area contributed by atoms with Crippen molar-refractivity contribution in [2.45, 2.75) is 38.4 Å². The highest BCUT2D eigenvalue weighted by atomic mass is 19.2. The summed E-state index contributed by atoms with van der Waals surface area (Å²) in [7, 11) is 0. The zero-order chi connectivity index (χ0) is 18.8. The SMILES string of the molecule is CC(C)(C)OC(=O)N1CC[C@](O)(c2ccc(F)c(F)c2)[C@@H](C=NO)C1. The molecular formula is C17H22F2N2O4. The van der Waals surface area contributed by atoms with Gasteiger partial charge in [0.05, 0.1) is 6.21 Å². The molecule has 0 aliphatic carbocycles. The van der Waals surface area contributed by atoms with Crippen molar-refractivity contribution in [3.8, 4) is 0 Å². The molecule has 6 nitrogen and oxygen atoms in total. The highest BCUT2D eigenvalue weighted by Gasteiger charge is 2.44. The van der Waals surface area contributed by atoms with E-state index in [1.807, 2.05) is 0 Å². The van der Waals surface area contributed by atoms with Crippen molar-refractivity contribution in [1.82, 2.24) is 4.90 Å². The summed E-state index contributed by atoms with van der Waals surface area (Å²) in [5.41, 5.74) is -2.12. The first-order chi connectivity index (χ1) is 11.6. The van der Waals surface area contributed by atoms with Gasteiger partial charge in [-0.2, -0.15) is 0 Å². The molecule has 1 aliphatic heterocycles. The van der Waals surface area contributed by atoms with Gasteiger partial charge in [-0.05, 0) is 44.9 Å². The average molecular weight is 356 g/mol. The highest BCUT2D eigenvalue weighted by Crippen LogP contribution is 2.37. The lowest BCUT2D eigenvalue weighted by Gasteiger charge is -2.43. The average Bonchev–Trinajstić information content (AvgIpc) is 2.50. The molecular weight excluding hydrogens is 334 g/mol. The summed E-state index contributed by atoms with van der Waals surface area (Å²) in [5.74, 6) is -2.92. The van der Waals surface area contributed by atoms with Crippen LogP contribution in [0.25, 0.3) is 0 Å². The Hall–Kier alpha value is -2.22. The van der Waals surface area contributed by atoms with E-state index in [1.54, 1.807) is 20.8 Å². The summed E-state index contributed by atoms with van der Waals surface area (Å²) >= 11 is 0. The van der Waals surface area contributed by atoms with Gasteiger partial charge >= 0.3 is 6.09 Å². The zero-order valence-corrected chi connectivity index (χ0v) is 14.4. The lowest BCUT2D eigenvalue weighted by Crippen LogP contribution is -2.53. The van der Waals surface area contributed by atoms with Crippen LogP contribution in [0.1, 0.15) is 32.8 Å². The number of ether oxygens (including phenoxy) is 1. The van der Waals surface area contributed by atoms with Crippen LogP contribution in [0.3, 0.4) is 0 Å². The molecule has 2 rings (SSSR count). The summed E-state index contributed by atoms with van der Waals surface area (Å²) in [5, 5.41) is 22.9. The molecule has 25 heavy (non-hydrogen) atoms. The maximum absolute atomic E-state index is 13.6. The van der Waals surface area contributed by atoms with Gasteiger partial charge in [0.25, 0.3) is 0 Å². The maximum atomic E-state index is 13.6. The zero-order valence-electron chi connectivity index (χ0n) is 14.4. The van der Waals surface area contributed by atoms with E-state index in [1.165, 1.54) is 11.0 Å². The fraction of sp³-hybridized carbons (Fsp3) is 0.529. The number of halogens is 2. The Balaban J connectivity index is 2.27. The topological polar surface area (TPSA) is 82.4 Å². The van der Waals surface area contributed by atoms with Gasteiger partial charge in [-0.3, -0.25) is 0 Å².